The Kier molecular flexibility index (Phi) is 5.77. The third-order valence-corrected chi connectivity index (χ3v) is 5.75. The number of imidazole rings is 1. The molecule has 1 aliphatic heterocycles. The van der Waals surface area contributed by atoms with Gasteiger partial charge in [-0.15, -0.1) is 0 Å². The number of carbonyl (C=O) groups is 2. The number of nitrogens with one attached hydrogen (secondary N) is 1. The summed E-state index contributed by atoms with van der Waals surface area (Å²) in [5.41, 5.74) is 3.68. The number of fused-ring (bicyclic) bond motifs is 1. The Morgan fingerprint density at radius 3 is 2.90 bits per heavy atom. The van der Waals surface area contributed by atoms with E-state index < -0.39 is 6.10 Å². The maximum atomic E-state index is 13.0. The van der Waals surface area contributed by atoms with E-state index in [2.05, 4.69) is 15.5 Å². The van der Waals surface area contributed by atoms with Crippen LogP contribution in [0.25, 0.3) is 5.65 Å². The molecule has 1 saturated heterocycles. The minimum atomic E-state index is -0.707. The summed E-state index contributed by atoms with van der Waals surface area (Å²) < 4.78 is 7.06. The van der Waals surface area contributed by atoms with Gasteiger partial charge in [-0.25, -0.2) is 4.98 Å². The van der Waals surface area contributed by atoms with Crippen molar-refractivity contribution in [3.05, 3.63) is 52.8 Å². The van der Waals surface area contributed by atoms with Gasteiger partial charge in [0.1, 0.15) is 17.0 Å². The number of aliphatic hydroxyl groups is 1. The molecule has 3 aromatic rings. The highest BCUT2D eigenvalue weighted by molar-refractivity contribution is 5.96. The lowest BCUT2D eigenvalue weighted by molar-refractivity contribution is -0.134. The van der Waals surface area contributed by atoms with Crippen molar-refractivity contribution in [2.24, 2.45) is 0 Å². The Hall–Kier alpha value is -3.20. The molecule has 2 amide bonds. The number of nitrogens with zero attached hydrogens (tertiary/aromatic N) is 4. The number of hydrogen-bond donors (Lipinski definition) is 2. The molecule has 164 valence electrons. The van der Waals surface area contributed by atoms with Gasteiger partial charge >= 0.3 is 0 Å². The van der Waals surface area contributed by atoms with Crippen LogP contribution >= 0.6 is 0 Å². The number of aryl methyl sites for hydroxylation is 3. The lowest BCUT2D eigenvalue weighted by atomic mass is 10.0. The zero-order valence-electron chi connectivity index (χ0n) is 18.0. The summed E-state index contributed by atoms with van der Waals surface area (Å²) in [5.74, 6) is 0.0533. The first-order chi connectivity index (χ1) is 14.9. The van der Waals surface area contributed by atoms with Crippen molar-refractivity contribution in [1.82, 2.24) is 24.8 Å². The molecule has 4 rings (SSSR count). The maximum Gasteiger partial charge on any atom is 0.257 e. The van der Waals surface area contributed by atoms with Crippen molar-refractivity contribution < 1.29 is 19.2 Å². The highest BCUT2D eigenvalue weighted by Gasteiger charge is 2.31. The molecule has 9 nitrogen and oxygen atoms in total. The number of amides is 2. The van der Waals surface area contributed by atoms with Crippen LogP contribution in [-0.4, -0.2) is 61.6 Å². The van der Waals surface area contributed by atoms with Crippen LogP contribution in [0.5, 0.6) is 0 Å². The van der Waals surface area contributed by atoms with Crippen LogP contribution in [0.2, 0.25) is 0 Å². The van der Waals surface area contributed by atoms with Crippen LogP contribution in [0.1, 0.15) is 46.4 Å². The first kappa shape index (κ1) is 21.0. The molecule has 3 aromatic heterocycles. The first-order valence-electron chi connectivity index (χ1n) is 10.5. The summed E-state index contributed by atoms with van der Waals surface area (Å²) in [4.78, 5) is 31.8. The summed E-state index contributed by atoms with van der Waals surface area (Å²) in [7, 11) is 0. The van der Waals surface area contributed by atoms with Gasteiger partial charge in [0.25, 0.3) is 5.91 Å². The molecular weight excluding hydrogens is 398 g/mol. The molecule has 0 unspecified atom stereocenters. The number of β-amino-alcohol motifs (C(OH)–C–C–N with tert-alkyl or cyclic N) is 1. The van der Waals surface area contributed by atoms with E-state index in [0.29, 0.717) is 36.4 Å². The fraction of sp³-hybridized carbons (Fsp3) is 0.455. The Labute approximate surface area is 180 Å². The number of pyridine rings is 1. The lowest BCUT2D eigenvalue weighted by Crippen LogP contribution is -2.54. The van der Waals surface area contributed by atoms with E-state index in [1.807, 2.05) is 36.6 Å². The van der Waals surface area contributed by atoms with E-state index in [4.69, 9.17) is 4.52 Å². The maximum absolute atomic E-state index is 13.0. The number of aliphatic hydroxyl groups excluding tert-OH is 1. The third-order valence-electron chi connectivity index (χ3n) is 5.75. The minimum Gasteiger partial charge on any atom is -0.391 e. The van der Waals surface area contributed by atoms with Gasteiger partial charge in [-0.3, -0.25) is 9.59 Å². The Bertz CT molecular complexity index is 1120. The van der Waals surface area contributed by atoms with E-state index >= 15 is 0 Å². The molecule has 1 aliphatic rings. The number of carbonyl (C=O) groups excluding carboxylic acids is 2. The molecule has 4 heterocycles. The van der Waals surface area contributed by atoms with Gasteiger partial charge in [0, 0.05) is 31.5 Å². The highest BCUT2D eigenvalue weighted by Crippen LogP contribution is 2.18. The van der Waals surface area contributed by atoms with E-state index in [0.717, 1.165) is 16.9 Å². The van der Waals surface area contributed by atoms with Crippen LogP contribution in [0, 0.1) is 13.8 Å². The van der Waals surface area contributed by atoms with E-state index in [1.165, 1.54) is 0 Å². The van der Waals surface area contributed by atoms with Crippen LogP contribution < -0.4 is 5.32 Å². The van der Waals surface area contributed by atoms with Crippen LogP contribution in [0.15, 0.2) is 29.0 Å². The standard InChI is InChI=1S/C22H27N5O4/c1-4-18-20(14(3)31-25-18)22(30)24-15-8-17(28)12-26(11-15)19(29)9-16-10-23-21-13(2)6-5-7-27(16)21/h5-7,10,15,17,28H,4,8-9,11-12H2,1-3H3,(H,24,30)/t15-,17+/m0/s1. The largest absolute Gasteiger partial charge is 0.391 e. The molecular formula is C22H27N5O4. The number of aromatic nitrogens is 3. The normalized spacial score (nSPS) is 19.0. The van der Waals surface area contributed by atoms with Crippen LogP contribution in [0.3, 0.4) is 0 Å². The lowest BCUT2D eigenvalue weighted by Gasteiger charge is -2.36. The van der Waals surface area contributed by atoms with E-state index in [9.17, 15) is 14.7 Å². The Morgan fingerprint density at radius 1 is 1.32 bits per heavy atom. The zero-order valence-corrected chi connectivity index (χ0v) is 18.0. The Morgan fingerprint density at radius 2 is 2.13 bits per heavy atom. The number of likely N-dealkylation sites (tertiary alicyclic amines) is 1. The van der Waals surface area contributed by atoms with Crippen molar-refractivity contribution in [2.45, 2.75) is 52.2 Å². The molecule has 0 bridgehead atoms. The molecule has 0 aromatic carbocycles. The second kappa shape index (κ2) is 8.50. The van der Waals surface area contributed by atoms with Gasteiger partial charge in [0.05, 0.1) is 23.9 Å². The predicted molar refractivity (Wildman–Crippen MR) is 113 cm³/mol. The highest BCUT2D eigenvalue weighted by atomic mass is 16.5. The summed E-state index contributed by atoms with van der Waals surface area (Å²) in [6.07, 6.45) is 4.02. The molecule has 0 aliphatic carbocycles. The number of hydrogen-bond acceptors (Lipinski definition) is 6. The smallest absolute Gasteiger partial charge is 0.257 e. The monoisotopic (exact) mass is 425 g/mol. The summed E-state index contributed by atoms with van der Waals surface area (Å²) in [6, 6.07) is 3.54. The Balaban J connectivity index is 1.45. The van der Waals surface area contributed by atoms with Gasteiger partial charge in [0.15, 0.2) is 0 Å². The number of rotatable bonds is 5. The van der Waals surface area contributed by atoms with Gasteiger partial charge in [-0.1, -0.05) is 18.1 Å². The van der Waals surface area contributed by atoms with Gasteiger partial charge in [0.2, 0.25) is 5.91 Å². The van der Waals surface area contributed by atoms with Crippen molar-refractivity contribution >= 4 is 17.5 Å². The molecule has 2 atom stereocenters. The van der Waals surface area contributed by atoms with Crippen LogP contribution in [0.4, 0.5) is 0 Å². The molecule has 0 saturated carbocycles. The van der Waals surface area contributed by atoms with Crippen LogP contribution in [-0.2, 0) is 17.6 Å². The minimum absolute atomic E-state index is 0.114. The third kappa shape index (κ3) is 4.18. The first-order valence-corrected chi connectivity index (χ1v) is 10.5. The number of piperidine rings is 1. The van der Waals surface area contributed by atoms with Crippen molar-refractivity contribution in [2.75, 3.05) is 13.1 Å². The van der Waals surface area contributed by atoms with Gasteiger partial charge in [-0.05, 0) is 38.3 Å². The molecule has 9 heteroatoms. The second-order valence-corrected chi connectivity index (χ2v) is 8.08. The van der Waals surface area contributed by atoms with Crippen molar-refractivity contribution in [3.63, 3.8) is 0 Å². The van der Waals surface area contributed by atoms with Crippen molar-refractivity contribution in [1.29, 1.82) is 0 Å². The molecule has 0 spiro atoms. The SMILES string of the molecule is CCc1noc(C)c1C(=O)N[C@H]1C[C@@H](O)CN(C(=O)Cc2cnc3c(C)cccn23)C1. The summed E-state index contributed by atoms with van der Waals surface area (Å²) >= 11 is 0. The fourth-order valence-corrected chi connectivity index (χ4v) is 4.19. The van der Waals surface area contributed by atoms with Crippen molar-refractivity contribution in [3.8, 4) is 0 Å². The van der Waals surface area contributed by atoms with E-state index in [-0.39, 0.29) is 30.8 Å². The molecule has 1 fully saturated rings. The topological polar surface area (TPSA) is 113 Å². The summed E-state index contributed by atoms with van der Waals surface area (Å²) in [5, 5.41) is 17.2. The zero-order chi connectivity index (χ0) is 22.1. The molecule has 0 radical (unpaired) electrons. The average Bonchev–Trinajstić information content (AvgIpc) is 3.31. The molecule has 31 heavy (non-hydrogen) atoms. The van der Waals surface area contributed by atoms with Gasteiger partial charge < -0.3 is 24.2 Å². The quantitative estimate of drug-likeness (QED) is 0.640. The average molecular weight is 425 g/mol. The fourth-order valence-electron chi connectivity index (χ4n) is 4.19. The van der Waals surface area contributed by atoms with Gasteiger partial charge in [-0.2, -0.15) is 0 Å². The second-order valence-electron chi connectivity index (χ2n) is 8.08. The molecule has 2 N–H and O–H groups in total. The van der Waals surface area contributed by atoms with E-state index in [1.54, 1.807) is 18.0 Å². The predicted octanol–water partition coefficient (Wildman–Crippen LogP) is 1.44. The summed E-state index contributed by atoms with van der Waals surface area (Å²) in [6.45, 7) is 6.16.